The SMILES string of the molecule is C/C=C\C(=C/C)B1OC(C)(C)C(C)(C)O1. The van der Waals surface area contributed by atoms with Crippen molar-refractivity contribution in [3.05, 3.63) is 23.7 Å². The summed E-state index contributed by atoms with van der Waals surface area (Å²) in [6.07, 6.45) is 6.06. The van der Waals surface area contributed by atoms with Crippen LogP contribution in [-0.2, 0) is 9.31 Å². The fourth-order valence-corrected chi connectivity index (χ4v) is 1.48. The molecule has 0 aliphatic carbocycles. The Kier molecular flexibility index (Phi) is 3.46. The van der Waals surface area contributed by atoms with E-state index in [0.29, 0.717) is 0 Å². The molecule has 1 saturated heterocycles. The van der Waals surface area contributed by atoms with E-state index in [1.54, 1.807) is 0 Å². The van der Waals surface area contributed by atoms with Gasteiger partial charge in [-0.1, -0.05) is 18.2 Å². The largest absolute Gasteiger partial charge is 0.494 e. The summed E-state index contributed by atoms with van der Waals surface area (Å²) in [5.41, 5.74) is 0.567. The highest BCUT2D eigenvalue weighted by atomic mass is 16.7. The van der Waals surface area contributed by atoms with Crippen molar-refractivity contribution >= 4 is 7.12 Å². The average molecular weight is 208 g/mol. The molecule has 3 heteroatoms. The first kappa shape index (κ1) is 12.5. The van der Waals surface area contributed by atoms with Gasteiger partial charge in [0.05, 0.1) is 11.2 Å². The van der Waals surface area contributed by atoms with Crippen molar-refractivity contribution in [2.24, 2.45) is 0 Å². The van der Waals surface area contributed by atoms with Gasteiger partial charge < -0.3 is 9.31 Å². The Morgan fingerprint density at radius 1 is 1.00 bits per heavy atom. The second-order valence-electron chi connectivity index (χ2n) is 4.88. The fraction of sp³-hybridized carbons (Fsp3) is 0.667. The molecule has 2 nitrogen and oxygen atoms in total. The van der Waals surface area contributed by atoms with Gasteiger partial charge in [-0.15, -0.1) is 0 Å². The summed E-state index contributed by atoms with van der Waals surface area (Å²) in [6.45, 7) is 12.3. The van der Waals surface area contributed by atoms with Gasteiger partial charge in [-0.2, -0.15) is 0 Å². The molecule has 0 amide bonds. The Balaban J connectivity index is 2.87. The molecule has 0 aromatic heterocycles. The lowest BCUT2D eigenvalue weighted by Gasteiger charge is -2.32. The lowest BCUT2D eigenvalue weighted by Crippen LogP contribution is -2.41. The first-order valence-corrected chi connectivity index (χ1v) is 5.48. The lowest BCUT2D eigenvalue weighted by atomic mass is 9.78. The van der Waals surface area contributed by atoms with E-state index in [9.17, 15) is 0 Å². The van der Waals surface area contributed by atoms with Crippen molar-refractivity contribution in [1.82, 2.24) is 0 Å². The van der Waals surface area contributed by atoms with E-state index in [1.165, 1.54) is 0 Å². The summed E-state index contributed by atoms with van der Waals surface area (Å²) in [4.78, 5) is 0. The number of hydrogen-bond donors (Lipinski definition) is 0. The Morgan fingerprint density at radius 2 is 1.47 bits per heavy atom. The molecule has 1 rings (SSSR count). The molecule has 84 valence electrons. The Bertz CT molecular complexity index is 274. The van der Waals surface area contributed by atoms with Crippen LogP contribution < -0.4 is 0 Å². The van der Waals surface area contributed by atoms with Gasteiger partial charge in [0, 0.05) is 0 Å². The summed E-state index contributed by atoms with van der Waals surface area (Å²) in [6, 6.07) is 0. The van der Waals surface area contributed by atoms with Crippen LogP contribution in [0.4, 0.5) is 0 Å². The summed E-state index contributed by atoms with van der Waals surface area (Å²) in [5.74, 6) is 0. The molecule has 1 heterocycles. The minimum absolute atomic E-state index is 0.240. The summed E-state index contributed by atoms with van der Waals surface area (Å²) >= 11 is 0. The zero-order chi connectivity index (χ0) is 11.7. The van der Waals surface area contributed by atoms with Crippen molar-refractivity contribution in [3.8, 4) is 0 Å². The zero-order valence-electron chi connectivity index (χ0n) is 10.6. The van der Waals surface area contributed by atoms with Crippen molar-refractivity contribution in [3.63, 3.8) is 0 Å². The first-order chi connectivity index (χ1) is 6.84. The van der Waals surface area contributed by atoms with E-state index in [1.807, 2.05) is 32.1 Å². The third-order valence-corrected chi connectivity index (χ3v) is 3.22. The number of hydrogen-bond acceptors (Lipinski definition) is 2. The van der Waals surface area contributed by atoms with Crippen LogP contribution >= 0.6 is 0 Å². The van der Waals surface area contributed by atoms with Gasteiger partial charge in [0.25, 0.3) is 0 Å². The van der Waals surface area contributed by atoms with E-state index in [2.05, 4.69) is 27.7 Å². The maximum Gasteiger partial charge on any atom is 0.494 e. The molecular formula is C12H21BO2. The van der Waals surface area contributed by atoms with E-state index in [0.717, 1.165) is 5.47 Å². The molecule has 0 atom stereocenters. The third-order valence-electron chi connectivity index (χ3n) is 3.22. The van der Waals surface area contributed by atoms with Crippen LogP contribution in [0.25, 0.3) is 0 Å². The molecule has 0 saturated carbocycles. The maximum absolute atomic E-state index is 5.93. The smallest absolute Gasteiger partial charge is 0.399 e. The molecule has 1 aliphatic heterocycles. The van der Waals surface area contributed by atoms with Crippen LogP contribution in [0.2, 0.25) is 0 Å². The van der Waals surface area contributed by atoms with Gasteiger partial charge in [-0.25, -0.2) is 0 Å². The number of allylic oxidation sites excluding steroid dienone is 4. The highest BCUT2D eigenvalue weighted by molar-refractivity contribution is 6.55. The second kappa shape index (κ2) is 4.15. The first-order valence-electron chi connectivity index (χ1n) is 5.48. The zero-order valence-corrected chi connectivity index (χ0v) is 10.6. The Hall–Kier alpha value is -0.535. The highest BCUT2D eigenvalue weighted by Gasteiger charge is 2.51. The number of rotatable bonds is 2. The van der Waals surface area contributed by atoms with E-state index < -0.39 is 0 Å². The standard InChI is InChI=1S/C12H21BO2/c1-7-9-10(8-2)13-14-11(3,4)12(5,6)15-13/h7-9H,1-6H3/b9-7-,10-8+. The molecule has 0 aromatic rings. The van der Waals surface area contributed by atoms with Gasteiger partial charge in [0.15, 0.2) is 0 Å². The van der Waals surface area contributed by atoms with Crippen LogP contribution in [-0.4, -0.2) is 18.3 Å². The molecule has 0 spiro atoms. The van der Waals surface area contributed by atoms with Gasteiger partial charge in [-0.3, -0.25) is 0 Å². The van der Waals surface area contributed by atoms with Gasteiger partial charge in [-0.05, 0) is 47.0 Å². The summed E-state index contributed by atoms with van der Waals surface area (Å²) < 4.78 is 11.9. The van der Waals surface area contributed by atoms with Crippen molar-refractivity contribution in [2.75, 3.05) is 0 Å². The van der Waals surface area contributed by atoms with E-state index >= 15 is 0 Å². The second-order valence-corrected chi connectivity index (χ2v) is 4.88. The molecule has 0 bridgehead atoms. The van der Waals surface area contributed by atoms with Crippen LogP contribution in [0.5, 0.6) is 0 Å². The Labute approximate surface area is 93.5 Å². The van der Waals surface area contributed by atoms with E-state index in [-0.39, 0.29) is 18.3 Å². The predicted molar refractivity (Wildman–Crippen MR) is 64.7 cm³/mol. The molecule has 1 fully saturated rings. The monoisotopic (exact) mass is 208 g/mol. The minimum atomic E-state index is -0.256. The molecule has 1 aliphatic rings. The molecule has 0 radical (unpaired) electrons. The Morgan fingerprint density at radius 3 is 1.80 bits per heavy atom. The van der Waals surface area contributed by atoms with Crippen molar-refractivity contribution in [2.45, 2.75) is 52.7 Å². The minimum Gasteiger partial charge on any atom is -0.399 e. The van der Waals surface area contributed by atoms with Gasteiger partial charge >= 0.3 is 7.12 Å². The van der Waals surface area contributed by atoms with Gasteiger partial charge in [0.1, 0.15) is 0 Å². The lowest BCUT2D eigenvalue weighted by molar-refractivity contribution is 0.00578. The normalized spacial score (nSPS) is 25.2. The fourth-order valence-electron chi connectivity index (χ4n) is 1.48. The molecular weight excluding hydrogens is 187 g/mol. The maximum atomic E-state index is 5.93. The molecule has 0 aromatic carbocycles. The van der Waals surface area contributed by atoms with Gasteiger partial charge in [0.2, 0.25) is 0 Å². The van der Waals surface area contributed by atoms with Crippen LogP contribution in [0.1, 0.15) is 41.5 Å². The third kappa shape index (κ3) is 2.35. The highest BCUT2D eigenvalue weighted by Crippen LogP contribution is 2.38. The quantitative estimate of drug-likeness (QED) is 0.512. The van der Waals surface area contributed by atoms with E-state index in [4.69, 9.17) is 9.31 Å². The van der Waals surface area contributed by atoms with Crippen LogP contribution in [0.3, 0.4) is 0 Å². The van der Waals surface area contributed by atoms with Crippen LogP contribution in [0, 0.1) is 0 Å². The summed E-state index contributed by atoms with van der Waals surface area (Å²) in [5, 5.41) is 0. The van der Waals surface area contributed by atoms with Crippen molar-refractivity contribution < 1.29 is 9.31 Å². The van der Waals surface area contributed by atoms with Crippen LogP contribution in [0.15, 0.2) is 23.7 Å². The topological polar surface area (TPSA) is 18.5 Å². The molecule has 15 heavy (non-hydrogen) atoms. The molecule has 0 N–H and O–H groups in total. The molecule has 0 unspecified atom stereocenters. The van der Waals surface area contributed by atoms with Crippen molar-refractivity contribution in [1.29, 1.82) is 0 Å². The summed E-state index contributed by atoms with van der Waals surface area (Å²) in [7, 11) is -0.240. The average Bonchev–Trinajstić information content (AvgIpc) is 2.32. The predicted octanol–water partition coefficient (Wildman–Crippen LogP) is 3.14.